The van der Waals surface area contributed by atoms with Gasteiger partial charge in [-0.1, -0.05) is 11.6 Å². The number of rotatable bonds is 6. The summed E-state index contributed by atoms with van der Waals surface area (Å²) in [4.78, 5) is 29.8. The van der Waals surface area contributed by atoms with E-state index in [9.17, 15) is 14.7 Å². The molecule has 0 saturated heterocycles. The second kappa shape index (κ2) is 7.67. The average Bonchev–Trinajstić information content (AvgIpc) is 3.07. The van der Waals surface area contributed by atoms with Crippen LogP contribution in [-0.4, -0.2) is 48.8 Å². The van der Waals surface area contributed by atoms with Gasteiger partial charge in [0.05, 0.1) is 11.4 Å². The minimum Gasteiger partial charge on any atom is -0.465 e. The first kappa shape index (κ1) is 19.7. The van der Waals surface area contributed by atoms with Crippen LogP contribution in [0.25, 0.3) is 0 Å². The lowest BCUT2D eigenvalue weighted by Gasteiger charge is -2.32. The predicted octanol–water partition coefficient (Wildman–Crippen LogP) is 3.81. The highest BCUT2D eigenvalue weighted by molar-refractivity contribution is 6.30. The largest absolute Gasteiger partial charge is 0.465 e. The standard InChI is InChI=1S/C20H24ClN5O3/c1-20(6-7-20)26(19(28)29)15-5-2-12(8-15)16-10-17(25-24-16)23-18(27)9-14-4-3-13(21)11-22-14/h3-4,10-12,15H,2,5-9H2,1H3,(H,28,29)(H2,23,24,25,27). The molecule has 2 aliphatic carbocycles. The molecule has 2 aliphatic rings. The van der Waals surface area contributed by atoms with Gasteiger partial charge in [-0.25, -0.2) is 4.79 Å². The number of anilines is 1. The van der Waals surface area contributed by atoms with Crippen LogP contribution in [0.1, 0.15) is 56.3 Å². The van der Waals surface area contributed by atoms with E-state index in [0.717, 1.165) is 37.8 Å². The van der Waals surface area contributed by atoms with Gasteiger partial charge in [-0.3, -0.25) is 19.8 Å². The Morgan fingerprint density at radius 3 is 2.83 bits per heavy atom. The van der Waals surface area contributed by atoms with E-state index in [-0.39, 0.29) is 29.8 Å². The van der Waals surface area contributed by atoms with Crippen molar-refractivity contribution in [1.29, 1.82) is 0 Å². The van der Waals surface area contributed by atoms with Crippen LogP contribution in [0.2, 0.25) is 5.02 Å². The molecule has 2 aromatic rings. The highest BCUT2D eigenvalue weighted by Gasteiger charge is 2.50. The fourth-order valence-electron chi connectivity index (χ4n) is 4.20. The maximum Gasteiger partial charge on any atom is 0.408 e. The number of hydrogen-bond donors (Lipinski definition) is 3. The lowest BCUT2D eigenvalue weighted by molar-refractivity contribution is -0.115. The van der Waals surface area contributed by atoms with Crippen LogP contribution in [0.15, 0.2) is 24.4 Å². The third kappa shape index (κ3) is 4.37. The second-order valence-electron chi connectivity index (χ2n) is 8.21. The second-order valence-corrected chi connectivity index (χ2v) is 8.65. The molecular weight excluding hydrogens is 394 g/mol. The zero-order valence-electron chi connectivity index (χ0n) is 16.2. The maximum absolute atomic E-state index is 12.2. The summed E-state index contributed by atoms with van der Waals surface area (Å²) >= 11 is 5.81. The minimum atomic E-state index is -0.830. The molecule has 0 aliphatic heterocycles. The number of carbonyl (C=O) groups excluding carboxylic acids is 1. The minimum absolute atomic E-state index is 0.0299. The van der Waals surface area contributed by atoms with Crippen molar-refractivity contribution in [3.63, 3.8) is 0 Å². The smallest absolute Gasteiger partial charge is 0.408 e. The Morgan fingerprint density at radius 1 is 1.38 bits per heavy atom. The van der Waals surface area contributed by atoms with Crippen molar-refractivity contribution in [2.24, 2.45) is 0 Å². The van der Waals surface area contributed by atoms with Crippen molar-refractivity contribution in [3.05, 3.63) is 40.8 Å². The summed E-state index contributed by atoms with van der Waals surface area (Å²) in [7, 11) is 0. The Balaban J connectivity index is 1.35. The number of nitrogens with zero attached hydrogens (tertiary/aromatic N) is 3. The molecular formula is C20H24ClN5O3. The predicted molar refractivity (Wildman–Crippen MR) is 108 cm³/mol. The highest BCUT2D eigenvalue weighted by atomic mass is 35.5. The van der Waals surface area contributed by atoms with Crippen LogP contribution in [0, 0.1) is 0 Å². The lowest BCUT2D eigenvalue weighted by Crippen LogP contribution is -2.45. The van der Waals surface area contributed by atoms with Gasteiger partial charge in [-0.05, 0) is 51.2 Å². The van der Waals surface area contributed by atoms with E-state index in [0.29, 0.717) is 16.5 Å². The number of carbonyl (C=O) groups is 2. The van der Waals surface area contributed by atoms with E-state index >= 15 is 0 Å². The quantitative estimate of drug-likeness (QED) is 0.661. The van der Waals surface area contributed by atoms with Gasteiger partial charge in [0.2, 0.25) is 5.91 Å². The molecule has 2 amide bonds. The summed E-state index contributed by atoms with van der Waals surface area (Å²) in [6.45, 7) is 2.02. The Bertz CT molecular complexity index is 909. The Morgan fingerprint density at radius 2 is 2.17 bits per heavy atom. The van der Waals surface area contributed by atoms with E-state index in [4.69, 9.17) is 11.6 Å². The number of nitrogens with one attached hydrogen (secondary N) is 2. The third-order valence-corrected chi connectivity index (χ3v) is 6.19. The third-order valence-electron chi connectivity index (χ3n) is 5.97. The van der Waals surface area contributed by atoms with Gasteiger partial charge < -0.3 is 10.4 Å². The number of carboxylic acid groups (broad SMARTS) is 1. The summed E-state index contributed by atoms with van der Waals surface area (Å²) in [5, 5.41) is 20.2. The molecule has 2 fully saturated rings. The number of aromatic amines is 1. The number of hydrogen-bond acceptors (Lipinski definition) is 4. The fraction of sp³-hybridized carbons (Fsp3) is 0.500. The van der Waals surface area contributed by atoms with Crippen molar-refractivity contribution < 1.29 is 14.7 Å². The van der Waals surface area contributed by atoms with Crippen molar-refractivity contribution in [3.8, 4) is 0 Å². The van der Waals surface area contributed by atoms with Gasteiger partial charge in [0.25, 0.3) is 0 Å². The molecule has 9 heteroatoms. The molecule has 29 heavy (non-hydrogen) atoms. The first-order valence-corrected chi connectivity index (χ1v) is 10.2. The van der Waals surface area contributed by atoms with Gasteiger partial charge in [0, 0.05) is 41.1 Å². The number of halogens is 1. The monoisotopic (exact) mass is 417 g/mol. The highest BCUT2D eigenvalue weighted by Crippen LogP contribution is 2.47. The van der Waals surface area contributed by atoms with Gasteiger partial charge in [-0.2, -0.15) is 5.10 Å². The normalized spacial score (nSPS) is 22.3. The van der Waals surface area contributed by atoms with Crippen molar-refractivity contribution in [2.45, 2.75) is 62.9 Å². The molecule has 3 N–H and O–H groups in total. The molecule has 0 bridgehead atoms. The van der Waals surface area contributed by atoms with Gasteiger partial charge >= 0.3 is 6.09 Å². The fourth-order valence-corrected chi connectivity index (χ4v) is 4.31. The first-order valence-electron chi connectivity index (χ1n) is 9.82. The Labute approximate surface area is 173 Å². The number of amides is 2. The molecule has 2 atom stereocenters. The van der Waals surface area contributed by atoms with Crippen LogP contribution in [-0.2, 0) is 11.2 Å². The Hall–Kier alpha value is -2.61. The van der Waals surface area contributed by atoms with E-state index in [2.05, 4.69) is 20.5 Å². The summed E-state index contributed by atoms with van der Waals surface area (Å²) < 4.78 is 0. The summed E-state index contributed by atoms with van der Waals surface area (Å²) in [6.07, 6.45) is 5.19. The summed E-state index contributed by atoms with van der Waals surface area (Å²) in [6, 6.07) is 5.28. The van der Waals surface area contributed by atoms with E-state index < -0.39 is 6.09 Å². The topological polar surface area (TPSA) is 111 Å². The van der Waals surface area contributed by atoms with Crippen LogP contribution in [0.3, 0.4) is 0 Å². The zero-order valence-corrected chi connectivity index (χ0v) is 16.9. The molecule has 4 rings (SSSR count). The van der Waals surface area contributed by atoms with Gasteiger partial charge in [0.1, 0.15) is 0 Å². The molecule has 2 saturated carbocycles. The summed E-state index contributed by atoms with van der Waals surface area (Å²) in [5.74, 6) is 0.466. The van der Waals surface area contributed by atoms with E-state index in [1.165, 1.54) is 6.20 Å². The van der Waals surface area contributed by atoms with Crippen LogP contribution in [0.4, 0.5) is 10.6 Å². The van der Waals surface area contributed by atoms with E-state index in [1.807, 2.05) is 13.0 Å². The van der Waals surface area contributed by atoms with Crippen molar-refractivity contribution in [2.75, 3.05) is 5.32 Å². The molecule has 2 aromatic heterocycles. The van der Waals surface area contributed by atoms with Crippen LogP contribution in [0.5, 0.6) is 0 Å². The number of aromatic nitrogens is 3. The molecule has 154 valence electrons. The molecule has 0 aromatic carbocycles. The van der Waals surface area contributed by atoms with Gasteiger partial charge in [-0.15, -0.1) is 0 Å². The Kier molecular flexibility index (Phi) is 5.21. The SMILES string of the molecule is CC1(N(C(=O)O)C2CCC(c3cc(NC(=O)Cc4ccc(Cl)cn4)n[nH]3)C2)CC1. The maximum atomic E-state index is 12.2. The van der Waals surface area contributed by atoms with Crippen LogP contribution < -0.4 is 5.32 Å². The van der Waals surface area contributed by atoms with Crippen molar-refractivity contribution >= 4 is 29.4 Å². The molecule has 8 nitrogen and oxygen atoms in total. The first-order chi connectivity index (χ1) is 13.8. The van der Waals surface area contributed by atoms with Gasteiger partial charge in [0.15, 0.2) is 5.82 Å². The average molecular weight is 418 g/mol. The molecule has 2 heterocycles. The van der Waals surface area contributed by atoms with E-state index in [1.54, 1.807) is 17.0 Å². The lowest BCUT2D eigenvalue weighted by atomic mass is 10.0. The number of pyridine rings is 1. The zero-order chi connectivity index (χ0) is 20.6. The molecule has 0 radical (unpaired) electrons. The van der Waals surface area contributed by atoms with Crippen molar-refractivity contribution in [1.82, 2.24) is 20.1 Å². The summed E-state index contributed by atoms with van der Waals surface area (Å²) in [5.41, 5.74) is 1.36. The van der Waals surface area contributed by atoms with Crippen LogP contribution >= 0.6 is 11.6 Å². The number of H-pyrrole nitrogens is 1. The molecule has 2 unspecified atom stereocenters. The molecule has 0 spiro atoms.